The Morgan fingerprint density at radius 2 is 1.75 bits per heavy atom. The van der Waals surface area contributed by atoms with E-state index in [-0.39, 0.29) is 18.5 Å². The summed E-state index contributed by atoms with van der Waals surface area (Å²) in [5, 5.41) is 0. The zero-order valence-corrected chi connectivity index (χ0v) is 17.5. The molecule has 1 fully saturated rings. The number of ether oxygens (including phenoxy) is 2. The largest absolute Gasteiger partial charge is 0.497 e. The first-order chi connectivity index (χ1) is 13.3. The molecule has 1 saturated heterocycles. The first kappa shape index (κ1) is 21.0. The van der Waals surface area contributed by atoms with E-state index < -0.39 is 0 Å². The molecule has 152 valence electrons. The van der Waals surface area contributed by atoms with Crippen LogP contribution in [-0.2, 0) is 11.2 Å². The molecular weight excluding hydrogens is 372 g/mol. The highest BCUT2D eigenvalue weighted by Crippen LogP contribution is 2.29. The standard InChI is InChI=1S/C23H30N2O2.ClH/c1-26-21-10-8-20(9-11-21)25-16-14-24(15-17-25)13-12-23-22-7-3-2-5-19(22)6-4-18-27-23;/h2-3,5,7-11,23H,4,6,12-18H2,1H3;1H. The molecule has 2 aromatic carbocycles. The van der Waals surface area contributed by atoms with Crippen molar-refractivity contribution >= 4 is 18.1 Å². The predicted molar refractivity (Wildman–Crippen MR) is 117 cm³/mol. The summed E-state index contributed by atoms with van der Waals surface area (Å²) in [6.45, 7) is 6.36. The molecule has 0 aliphatic carbocycles. The number of hydrogen-bond donors (Lipinski definition) is 0. The number of halogens is 1. The minimum absolute atomic E-state index is 0. The summed E-state index contributed by atoms with van der Waals surface area (Å²) in [5.74, 6) is 0.918. The van der Waals surface area contributed by atoms with Crippen molar-refractivity contribution in [3.63, 3.8) is 0 Å². The maximum atomic E-state index is 6.18. The number of anilines is 1. The third-order valence-electron chi connectivity index (χ3n) is 5.83. The van der Waals surface area contributed by atoms with Crippen LogP contribution in [0, 0.1) is 0 Å². The number of aryl methyl sites for hydroxylation is 1. The number of piperazine rings is 1. The lowest BCUT2D eigenvalue weighted by Gasteiger charge is -2.36. The second kappa shape index (κ2) is 10.1. The lowest BCUT2D eigenvalue weighted by atomic mass is 9.98. The van der Waals surface area contributed by atoms with Gasteiger partial charge in [0.2, 0.25) is 0 Å². The molecule has 0 saturated carbocycles. The molecule has 4 rings (SSSR count). The van der Waals surface area contributed by atoms with Crippen LogP contribution in [0.25, 0.3) is 0 Å². The van der Waals surface area contributed by atoms with Crippen LogP contribution in [0.1, 0.15) is 30.1 Å². The first-order valence-electron chi connectivity index (χ1n) is 10.1. The van der Waals surface area contributed by atoms with Crippen molar-refractivity contribution in [3.05, 3.63) is 59.7 Å². The van der Waals surface area contributed by atoms with Crippen LogP contribution >= 0.6 is 12.4 Å². The van der Waals surface area contributed by atoms with Crippen LogP contribution in [-0.4, -0.2) is 51.3 Å². The Labute approximate surface area is 174 Å². The van der Waals surface area contributed by atoms with Crippen molar-refractivity contribution in [1.82, 2.24) is 4.90 Å². The van der Waals surface area contributed by atoms with Gasteiger partial charge < -0.3 is 14.4 Å². The minimum atomic E-state index is 0. The van der Waals surface area contributed by atoms with E-state index in [1.165, 1.54) is 16.8 Å². The number of fused-ring (bicyclic) bond motifs is 1. The molecule has 2 aliphatic heterocycles. The van der Waals surface area contributed by atoms with Crippen molar-refractivity contribution in [2.24, 2.45) is 0 Å². The smallest absolute Gasteiger partial charge is 0.119 e. The molecule has 0 radical (unpaired) electrons. The second-order valence-electron chi connectivity index (χ2n) is 7.48. The van der Waals surface area contributed by atoms with Gasteiger partial charge >= 0.3 is 0 Å². The Morgan fingerprint density at radius 1 is 1.00 bits per heavy atom. The van der Waals surface area contributed by atoms with E-state index in [9.17, 15) is 0 Å². The van der Waals surface area contributed by atoms with E-state index in [0.29, 0.717) is 0 Å². The van der Waals surface area contributed by atoms with Gasteiger partial charge in [-0.05, 0) is 54.7 Å². The Balaban J connectivity index is 0.00000225. The number of rotatable bonds is 5. The van der Waals surface area contributed by atoms with Gasteiger partial charge in [0, 0.05) is 45.0 Å². The summed E-state index contributed by atoms with van der Waals surface area (Å²) >= 11 is 0. The van der Waals surface area contributed by atoms with Crippen molar-refractivity contribution in [2.75, 3.05) is 51.3 Å². The van der Waals surface area contributed by atoms with Gasteiger partial charge in [0.1, 0.15) is 5.75 Å². The number of nitrogens with zero attached hydrogens (tertiary/aromatic N) is 2. The van der Waals surface area contributed by atoms with Crippen molar-refractivity contribution in [1.29, 1.82) is 0 Å². The van der Waals surface area contributed by atoms with E-state index in [0.717, 1.165) is 64.3 Å². The summed E-state index contributed by atoms with van der Waals surface area (Å²) in [7, 11) is 1.71. The highest BCUT2D eigenvalue weighted by molar-refractivity contribution is 5.85. The highest BCUT2D eigenvalue weighted by atomic mass is 35.5. The second-order valence-corrected chi connectivity index (χ2v) is 7.48. The van der Waals surface area contributed by atoms with Gasteiger partial charge in [-0.2, -0.15) is 0 Å². The fraction of sp³-hybridized carbons (Fsp3) is 0.478. The van der Waals surface area contributed by atoms with Gasteiger partial charge in [-0.25, -0.2) is 0 Å². The topological polar surface area (TPSA) is 24.9 Å². The molecule has 1 atom stereocenters. The molecule has 0 aromatic heterocycles. The van der Waals surface area contributed by atoms with Gasteiger partial charge in [-0.3, -0.25) is 4.90 Å². The zero-order valence-electron chi connectivity index (χ0n) is 16.7. The summed E-state index contributed by atoms with van der Waals surface area (Å²) in [5.41, 5.74) is 4.17. The van der Waals surface area contributed by atoms with Crippen LogP contribution in [0.3, 0.4) is 0 Å². The molecule has 4 nitrogen and oxygen atoms in total. The average molecular weight is 403 g/mol. The van der Waals surface area contributed by atoms with Gasteiger partial charge in [0.05, 0.1) is 13.2 Å². The molecule has 2 aromatic rings. The Kier molecular flexibility index (Phi) is 7.60. The maximum Gasteiger partial charge on any atom is 0.119 e. The monoisotopic (exact) mass is 402 g/mol. The molecule has 2 heterocycles. The molecule has 28 heavy (non-hydrogen) atoms. The van der Waals surface area contributed by atoms with Crippen LogP contribution in [0.5, 0.6) is 5.75 Å². The molecule has 0 bridgehead atoms. The lowest BCUT2D eigenvalue weighted by molar-refractivity contribution is 0.0420. The third kappa shape index (κ3) is 4.99. The summed E-state index contributed by atoms with van der Waals surface area (Å²) in [6.07, 6.45) is 3.61. The van der Waals surface area contributed by atoms with E-state index in [2.05, 4.69) is 46.2 Å². The fourth-order valence-corrected chi connectivity index (χ4v) is 4.22. The lowest BCUT2D eigenvalue weighted by Crippen LogP contribution is -2.46. The first-order valence-corrected chi connectivity index (χ1v) is 10.1. The van der Waals surface area contributed by atoms with Crippen LogP contribution in [0.4, 0.5) is 5.69 Å². The van der Waals surface area contributed by atoms with Gasteiger partial charge in [-0.15, -0.1) is 12.4 Å². The van der Waals surface area contributed by atoms with Crippen LogP contribution in [0.2, 0.25) is 0 Å². The van der Waals surface area contributed by atoms with E-state index in [4.69, 9.17) is 9.47 Å². The SMILES string of the molecule is COc1ccc(N2CCN(CCC3OCCCc4ccccc43)CC2)cc1.Cl. The molecule has 0 spiro atoms. The molecule has 2 aliphatic rings. The molecule has 5 heteroatoms. The van der Waals surface area contributed by atoms with E-state index in [1.807, 2.05) is 12.1 Å². The molecule has 1 unspecified atom stereocenters. The Bertz CT molecular complexity index is 730. The van der Waals surface area contributed by atoms with Crippen molar-refractivity contribution in [2.45, 2.75) is 25.4 Å². The van der Waals surface area contributed by atoms with E-state index >= 15 is 0 Å². The van der Waals surface area contributed by atoms with Gasteiger partial charge in [0.15, 0.2) is 0 Å². The maximum absolute atomic E-state index is 6.18. The van der Waals surface area contributed by atoms with Gasteiger partial charge in [0.25, 0.3) is 0 Å². The minimum Gasteiger partial charge on any atom is -0.497 e. The molecule has 0 amide bonds. The highest BCUT2D eigenvalue weighted by Gasteiger charge is 2.22. The number of methoxy groups -OCH3 is 1. The van der Waals surface area contributed by atoms with Crippen molar-refractivity contribution < 1.29 is 9.47 Å². The molecule has 0 N–H and O–H groups in total. The van der Waals surface area contributed by atoms with Crippen molar-refractivity contribution in [3.8, 4) is 5.75 Å². The van der Waals surface area contributed by atoms with E-state index in [1.54, 1.807) is 7.11 Å². The number of hydrogen-bond acceptors (Lipinski definition) is 4. The average Bonchev–Trinajstić information content (AvgIpc) is 2.95. The molecular formula is C23H31ClN2O2. The predicted octanol–water partition coefficient (Wildman–Crippen LogP) is 4.33. The summed E-state index contributed by atoms with van der Waals surface area (Å²) in [4.78, 5) is 5.05. The van der Waals surface area contributed by atoms with Crippen LogP contribution in [0.15, 0.2) is 48.5 Å². The summed E-state index contributed by atoms with van der Waals surface area (Å²) < 4.78 is 11.4. The van der Waals surface area contributed by atoms with Crippen LogP contribution < -0.4 is 9.64 Å². The third-order valence-corrected chi connectivity index (χ3v) is 5.83. The van der Waals surface area contributed by atoms with Gasteiger partial charge in [-0.1, -0.05) is 24.3 Å². The number of benzene rings is 2. The quantitative estimate of drug-likeness (QED) is 0.743. The fourth-order valence-electron chi connectivity index (χ4n) is 4.22. The summed E-state index contributed by atoms with van der Waals surface area (Å²) in [6, 6.07) is 17.2. The Hall–Kier alpha value is -1.75. The Morgan fingerprint density at radius 3 is 2.50 bits per heavy atom. The normalized spacial score (nSPS) is 20.0. The zero-order chi connectivity index (χ0) is 18.5.